The van der Waals surface area contributed by atoms with Crippen LogP contribution in [0.2, 0.25) is 0 Å². The van der Waals surface area contributed by atoms with Crippen LogP contribution in [-0.2, 0) is 0 Å². The Bertz CT molecular complexity index is 346. The molecule has 2 nitrogen and oxygen atoms in total. The molecule has 1 atom stereocenters. The van der Waals surface area contributed by atoms with Crippen LogP contribution in [0.15, 0.2) is 24.3 Å². The SMILES string of the molecule is Cc1ccccc1C(=O)N1C[C@H]1C. The summed E-state index contributed by atoms with van der Waals surface area (Å²) in [6, 6.07) is 8.17. The normalized spacial score (nSPS) is 20.2. The third kappa shape index (κ3) is 1.44. The fraction of sp³-hybridized carbons (Fsp3) is 0.364. The number of rotatable bonds is 1. The third-order valence-corrected chi connectivity index (χ3v) is 2.50. The van der Waals surface area contributed by atoms with E-state index in [9.17, 15) is 4.79 Å². The summed E-state index contributed by atoms with van der Waals surface area (Å²) in [6.07, 6.45) is 0. The van der Waals surface area contributed by atoms with E-state index in [0.29, 0.717) is 6.04 Å². The predicted octanol–water partition coefficient (Wildman–Crippen LogP) is 1.84. The number of benzene rings is 1. The van der Waals surface area contributed by atoms with Crippen molar-refractivity contribution in [3.05, 3.63) is 35.4 Å². The zero-order chi connectivity index (χ0) is 9.42. The largest absolute Gasteiger partial charge is 0.332 e. The zero-order valence-corrected chi connectivity index (χ0v) is 7.95. The number of hydrogen-bond acceptors (Lipinski definition) is 1. The number of carbonyl (C=O) groups is 1. The van der Waals surface area contributed by atoms with Gasteiger partial charge in [0.05, 0.1) is 0 Å². The molecule has 0 saturated carbocycles. The molecule has 0 aliphatic carbocycles. The van der Waals surface area contributed by atoms with E-state index in [1.165, 1.54) is 0 Å². The first-order valence-corrected chi connectivity index (χ1v) is 4.57. The van der Waals surface area contributed by atoms with Crippen LogP contribution in [0.3, 0.4) is 0 Å². The average molecular weight is 175 g/mol. The highest BCUT2D eigenvalue weighted by molar-refractivity contribution is 5.97. The minimum Gasteiger partial charge on any atom is -0.332 e. The van der Waals surface area contributed by atoms with Gasteiger partial charge < -0.3 is 4.90 Å². The van der Waals surface area contributed by atoms with Crippen molar-refractivity contribution in [3.63, 3.8) is 0 Å². The molecular formula is C11H13NO. The topological polar surface area (TPSA) is 20.1 Å². The number of amides is 1. The highest BCUT2D eigenvalue weighted by Gasteiger charge is 2.34. The standard InChI is InChI=1S/C11H13NO/c1-8-5-3-4-6-10(8)11(13)12-7-9(12)2/h3-6,9H,7H2,1-2H3/t9-,12?/m1/s1. The summed E-state index contributed by atoms with van der Waals surface area (Å²) >= 11 is 0. The van der Waals surface area contributed by atoms with Gasteiger partial charge in [-0.05, 0) is 25.5 Å². The summed E-state index contributed by atoms with van der Waals surface area (Å²) in [6.45, 7) is 4.95. The third-order valence-electron chi connectivity index (χ3n) is 2.50. The maximum atomic E-state index is 11.8. The first kappa shape index (κ1) is 8.30. The fourth-order valence-corrected chi connectivity index (χ4v) is 1.49. The summed E-state index contributed by atoms with van der Waals surface area (Å²) < 4.78 is 0. The molecule has 1 aromatic rings. The van der Waals surface area contributed by atoms with Crippen molar-refractivity contribution in [2.45, 2.75) is 19.9 Å². The summed E-state index contributed by atoms with van der Waals surface area (Å²) in [5.41, 5.74) is 1.90. The van der Waals surface area contributed by atoms with Crippen molar-refractivity contribution in [3.8, 4) is 0 Å². The average Bonchev–Trinajstić information content (AvgIpc) is 2.82. The van der Waals surface area contributed by atoms with Gasteiger partial charge in [-0.15, -0.1) is 0 Å². The summed E-state index contributed by atoms with van der Waals surface area (Å²) in [4.78, 5) is 13.6. The Balaban J connectivity index is 2.25. The van der Waals surface area contributed by atoms with E-state index in [4.69, 9.17) is 0 Å². The number of aryl methyl sites for hydroxylation is 1. The lowest BCUT2D eigenvalue weighted by Crippen LogP contribution is -2.13. The van der Waals surface area contributed by atoms with Crippen LogP contribution >= 0.6 is 0 Å². The second-order valence-corrected chi connectivity index (χ2v) is 3.62. The van der Waals surface area contributed by atoms with E-state index in [1.54, 1.807) is 0 Å². The van der Waals surface area contributed by atoms with Crippen molar-refractivity contribution in [2.24, 2.45) is 0 Å². The monoisotopic (exact) mass is 175 g/mol. The second kappa shape index (κ2) is 2.87. The van der Waals surface area contributed by atoms with Gasteiger partial charge in [-0.3, -0.25) is 4.79 Å². The Morgan fingerprint density at radius 1 is 1.46 bits per heavy atom. The molecule has 2 rings (SSSR count). The van der Waals surface area contributed by atoms with Crippen LogP contribution in [0, 0.1) is 6.92 Å². The fourth-order valence-electron chi connectivity index (χ4n) is 1.49. The lowest BCUT2D eigenvalue weighted by Gasteiger charge is -2.05. The maximum Gasteiger partial charge on any atom is 0.254 e. The molecule has 68 valence electrons. The Morgan fingerprint density at radius 2 is 2.08 bits per heavy atom. The summed E-state index contributed by atoms with van der Waals surface area (Å²) in [5, 5.41) is 0. The van der Waals surface area contributed by atoms with E-state index in [0.717, 1.165) is 17.7 Å². The van der Waals surface area contributed by atoms with Gasteiger partial charge in [0.1, 0.15) is 0 Å². The molecule has 1 fully saturated rings. The highest BCUT2D eigenvalue weighted by Crippen LogP contribution is 2.21. The quantitative estimate of drug-likeness (QED) is 0.596. The van der Waals surface area contributed by atoms with E-state index >= 15 is 0 Å². The van der Waals surface area contributed by atoms with Gasteiger partial charge in [-0.1, -0.05) is 18.2 Å². The lowest BCUT2D eigenvalue weighted by atomic mass is 10.1. The molecule has 1 aliphatic heterocycles. The van der Waals surface area contributed by atoms with Crippen molar-refractivity contribution < 1.29 is 4.79 Å². The Labute approximate surface area is 78.2 Å². The maximum absolute atomic E-state index is 11.8. The minimum atomic E-state index is 0.172. The molecule has 13 heavy (non-hydrogen) atoms. The van der Waals surface area contributed by atoms with Crippen LogP contribution in [0.5, 0.6) is 0 Å². The van der Waals surface area contributed by atoms with Crippen LogP contribution in [0.1, 0.15) is 22.8 Å². The molecule has 1 amide bonds. The van der Waals surface area contributed by atoms with E-state index < -0.39 is 0 Å². The van der Waals surface area contributed by atoms with Crippen LogP contribution in [-0.4, -0.2) is 23.4 Å². The molecule has 1 aliphatic rings. The van der Waals surface area contributed by atoms with Gasteiger partial charge in [0.15, 0.2) is 0 Å². The van der Waals surface area contributed by atoms with Crippen molar-refractivity contribution in [1.82, 2.24) is 4.90 Å². The first-order valence-electron chi connectivity index (χ1n) is 4.57. The van der Waals surface area contributed by atoms with Gasteiger partial charge in [0.25, 0.3) is 5.91 Å². The summed E-state index contributed by atoms with van der Waals surface area (Å²) in [5.74, 6) is 0.172. The van der Waals surface area contributed by atoms with E-state index in [-0.39, 0.29) is 5.91 Å². The predicted molar refractivity (Wildman–Crippen MR) is 51.7 cm³/mol. The number of carbonyl (C=O) groups excluding carboxylic acids is 1. The highest BCUT2D eigenvalue weighted by atomic mass is 16.2. The zero-order valence-electron chi connectivity index (χ0n) is 7.95. The Hall–Kier alpha value is -1.31. The Kier molecular flexibility index (Phi) is 1.83. The smallest absolute Gasteiger partial charge is 0.254 e. The molecule has 0 unspecified atom stereocenters. The van der Waals surface area contributed by atoms with Crippen molar-refractivity contribution in [2.75, 3.05) is 6.54 Å². The molecule has 1 heterocycles. The van der Waals surface area contributed by atoms with Gasteiger partial charge in [-0.25, -0.2) is 0 Å². The molecule has 0 bridgehead atoms. The van der Waals surface area contributed by atoms with Crippen molar-refractivity contribution >= 4 is 5.91 Å². The molecule has 0 spiro atoms. The molecule has 0 N–H and O–H groups in total. The Morgan fingerprint density at radius 3 is 2.62 bits per heavy atom. The molecule has 0 aromatic heterocycles. The molecule has 2 heteroatoms. The summed E-state index contributed by atoms with van der Waals surface area (Å²) in [7, 11) is 0. The molecule has 1 aromatic carbocycles. The lowest BCUT2D eigenvalue weighted by molar-refractivity contribution is 0.0875. The second-order valence-electron chi connectivity index (χ2n) is 3.62. The number of nitrogens with zero attached hydrogens (tertiary/aromatic N) is 1. The van der Waals surface area contributed by atoms with Gasteiger partial charge in [-0.2, -0.15) is 0 Å². The van der Waals surface area contributed by atoms with Gasteiger partial charge >= 0.3 is 0 Å². The van der Waals surface area contributed by atoms with E-state index in [1.807, 2.05) is 36.1 Å². The van der Waals surface area contributed by atoms with Crippen molar-refractivity contribution in [1.29, 1.82) is 0 Å². The van der Waals surface area contributed by atoms with Crippen LogP contribution < -0.4 is 0 Å². The number of hydrogen-bond donors (Lipinski definition) is 0. The van der Waals surface area contributed by atoms with E-state index in [2.05, 4.69) is 6.92 Å². The van der Waals surface area contributed by atoms with Crippen LogP contribution in [0.4, 0.5) is 0 Å². The molecule has 1 saturated heterocycles. The van der Waals surface area contributed by atoms with Crippen LogP contribution in [0.25, 0.3) is 0 Å². The minimum absolute atomic E-state index is 0.172. The van der Waals surface area contributed by atoms with Gasteiger partial charge in [0.2, 0.25) is 0 Å². The first-order chi connectivity index (χ1) is 6.20. The molecular weight excluding hydrogens is 162 g/mol. The molecule has 0 radical (unpaired) electrons. The van der Waals surface area contributed by atoms with Gasteiger partial charge in [0, 0.05) is 18.2 Å².